The third kappa shape index (κ3) is 2.34. The first kappa shape index (κ1) is 8.80. The van der Waals surface area contributed by atoms with Gasteiger partial charge in [0.05, 0.1) is 0 Å². The Bertz CT molecular complexity index is 226. The predicted octanol–water partition coefficient (Wildman–Crippen LogP) is 0.929. The molecular weight excluding hydrogens is 184 g/mol. The molecule has 0 aromatic carbocycles. The standard InChI is InChI=1S/C5H9ClN4S/c1-4(3-6)11-5-7-8-9-10(5)2/h4H,3H2,1-2H3. The number of aryl methyl sites for hydroxylation is 1. The van der Waals surface area contributed by atoms with E-state index in [-0.39, 0.29) is 0 Å². The minimum Gasteiger partial charge on any atom is -0.224 e. The summed E-state index contributed by atoms with van der Waals surface area (Å²) >= 11 is 7.19. The SMILES string of the molecule is CC(CCl)Sc1nnnn1C. The summed E-state index contributed by atoms with van der Waals surface area (Å²) in [5, 5.41) is 12.2. The van der Waals surface area contributed by atoms with Gasteiger partial charge in [-0.3, -0.25) is 0 Å². The Morgan fingerprint density at radius 2 is 2.45 bits per heavy atom. The Morgan fingerprint density at radius 1 is 1.73 bits per heavy atom. The molecule has 0 N–H and O–H groups in total. The van der Waals surface area contributed by atoms with Crippen LogP contribution in [0.2, 0.25) is 0 Å². The summed E-state index contributed by atoms with van der Waals surface area (Å²) in [4.78, 5) is 0. The quantitative estimate of drug-likeness (QED) is 0.528. The van der Waals surface area contributed by atoms with Gasteiger partial charge >= 0.3 is 0 Å². The molecule has 1 heterocycles. The normalized spacial score (nSPS) is 13.4. The van der Waals surface area contributed by atoms with E-state index in [1.807, 2.05) is 14.0 Å². The highest BCUT2D eigenvalue weighted by atomic mass is 35.5. The number of thioether (sulfide) groups is 1. The Labute approximate surface area is 74.3 Å². The molecule has 0 spiro atoms. The molecule has 1 aromatic rings. The van der Waals surface area contributed by atoms with Crippen LogP contribution >= 0.6 is 23.4 Å². The molecule has 11 heavy (non-hydrogen) atoms. The number of rotatable bonds is 3. The van der Waals surface area contributed by atoms with Crippen molar-refractivity contribution >= 4 is 23.4 Å². The van der Waals surface area contributed by atoms with Gasteiger partial charge in [-0.25, -0.2) is 4.68 Å². The van der Waals surface area contributed by atoms with E-state index >= 15 is 0 Å². The number of tetrazole rings is 1. The Kier molecular flexibility index (Phi) is 3.14. The van der Waals surface area contributed by atoms with Crippen LogP contribution in [0, 0.1) is 0 Å². The average Bonchev–Trinajstić information content (AvgIpc) is 2.37. The first-order valence-electron chi connectivity index (χ1n) is 3.19. The maximum absolute atomic E-state index is 5.62. The molecule has 6 heteroatoms. The summed E-state index contributed by atoms with van der Waals surface area (Å²) in [6, 6.07) is 0. The first-order valence-corrected chi connectivity index (χ1v) is 4.60. The van der Waals surface area contributed by atoms with Crippen molar-refractivity contribution in [1.29, 1.82) is 0 Å². The van der Waals surface area contributed by atoms with E-state index in [1.165, 1.54) is 0 Å². The highest BCUT2D eigenvalue weighted by Gasteiger charge is 2.07. The van der Waals surface area contributed by atoms with Gasteiger partial charge in [0.1, 0.15) is 0 Å². The highest BCUT2D eigenvalue weighted by Crippen LogP contribution is 2.19. The lowest BCUT2D eigenvalue weighted by Gasteiger charge is -2.03. The number of nitrogens with zero attached hydrogens (tertiary/aromatic N) is 4. The van der Waals surface area contributed by atoms with Gasteiger partial charge in [-0.1, -0.05) is 18.7 Å². The van der Waals surface area contributed by atoms with Crippen LogP contribution < -0.4 is 0 Å². The molecule has 0 fully saturated rings. The van der Waals surface area contributed by atoms with Crippen LogP contribution in [0.4, 0.5) is 0 Å². The maximum atomic E-state index is 5.62. The van der Waals surface area contributed by atoms with Crippen LogP contribution in [0.5, 0.6) is 0 Å². The Hall–Kier alpha value is -0.290. The van der Waals surface area contributed by atoms with Crippen molar-refractivity contribution in [3.8, 4) is 0 Å². The van der Waals surface area contributed by atoms with Gasteiger partial charge in [0.25, 0.3) is 0 Å². The minimum absolute atomic E-state index is 0.348. The number of halogens is 1. The third-order valence-corrected chi connectivity index (χ3v) is 2.88. The summed E-state index contributed by atoms with van der Waals surface area (Å²) in [7, 11) is 1.81. The molecule has 1 atom stereocenters. The van der Waals surface area contributed by atoms with Crippen molar-refractivity contribution in [1.82, 2.24) is 20.2 Å². The zero-order chi connectivity index (χ0) is 8.27. The van der Waals surface area contributed by atoms with E-state index in [4.69, 9.17) is 11.6 Å². The Morgan fingerprint density at radius 3 is 2.91 bits per heavy atom. The van der Waals surface area contributed by atoms with Crippen LogP contribution in [-0.2, 0) is 7.05 Å². The van der Waals surface area contributed by atoms with Gasteiger partial charge in [0, 0.05) is 18.2 Å². The zero-order valence-corrected chi connectivity index (χ0v) is 7.93. The van der Waals surface area contributed by atoms with Crippen molar-refractivity contribution in [3.63, 3.8) is 0 Å². The molecule has 4 nitrogen and oxygen atoms in total. The molecular formula is C5H9ClN4S. The topological polar surface area (TPSA) is 43.6 Å². The molecule has 0 radical (unpaired) electrons. The lowest BCUT2D eigenvalue weighted by Crippen LogP contribution is -2.01. The van der Waals surface area contributed by atoms with Gasteiger partial charge in [0.15, 0.2) is 0 Å². The fourth-order valence-corrected chi connectivity index (χ4v) is 1.42. The molecule has 0 aliphatic carbocycles. The smallest absolute Gasteiger partial charge is 0.209 e. The van der Waals surface area contributed by atoms with Crippen molar-refractivity contribution in [2.75, 3.05) is 5.88 Å². The van der Waals surface area contributed by atoms with E-state index in [0.29, 0.717) is 11.1 Å². The van der Waals surface area contributed by atoms with E-state index in [2.05, 4.69) is 15.5 Å². The van der Waals surface area contributed by atoms with Crippen molar-refractivity contribution in [2.24, 2.45) is 7.05 Å². The molecule has 1 aromatic heterocycles. The molecule has 62 valence electrons. The summed E-state index contributed by atoms with van der Waals surface area (Å²) < 4.78 is 1.63. The summed E-state index contributed by atoms with van der Waals surface area (Å²) in [5.74, 6) is 0.609. The summed E-state index contributed by atoms with van der Waals surface area (Å²) in [6.07, 6.45) is 0. The van der Waals surface area contributed by atoms with Gasteiger partial charge in [-0.15, -0.1) is 16.7 Å². The van der Waals surface area contributed by atoms with E-state index < -0.39 is 0 Å². The monoisotopic (exact) mass is 192 g/mol. The van der Waals surface area contributed by atoms with Crippen LogP contribution in [0.15, 0.2) is 5.16 Å². The molecule has 0 amide bonds. The second-order valence-electron chi connectivity index (χ2n) is 2.17. The van der Waals surface area contributed by atoms with Gasteiger partial charge in [-0.2, -0.15) is 0 Å². The van der Waals surface area contributed by atoms with Gasteiger partial charge < -0.3 is 0 Å². The predicted molar refractivity (Wildman–Crippen MR) is 44.8 cm³/mol. The number of hydrogen-bond donors (Lipinski definition) is 0. The third-order valence-electron chi connectivity index (χ3n) is 1.11. The molecule has 1 rings (SSSR count). The maximum Gasteiger partial charge on any atom is 0.209 e. The second-order valence-corrected chi connectivity index (χ2v) is 3.88. The summed E-state index contributed by atoms with van der Waals surface area (Å²) in [5.41, 5.74) is 0. The average molecular weight is 193 g/mol. The Balaban J connectivity index is 2.56. The largest absolute Gasteiger partial charge is 0.224 e. The van der Waals surface area contributed by atoms with E-state index in [9.17, 15) is 0 Å². The first-order chi connectivity index (χ1) is 5.24. The zero-order valence-electron chi connectivity index (χ0n) is 6.36. The molecule has 0 bridgehead atoms. The van der Waals surface area contributed by atoms with Crippen LogP contribution in [0.1, 0.15) is 6.92 Å². The summed E-state index contributed by atoms with van der Waals surface area (Å²) in [6.45, 7) is 2.03. The van der Waals surface area contributed by atoms with Gasteiger partial charge in [0.2, 0.25) is 5.16 Å². The van der Waals surface area contributed by atoms with Crippen molar-refractivity contribution in [3.05, 3.63) is 0 Å². The number of hydrogen-bond acceptors (Lipinski definition) is 4. The fourth-order valence-electron chi connectivity index (χ4n) is 0.533. The molecule has 0 saturated carbocycles. The van der Waals surface area contributed by atoms with Crippen molar-refractivity contribution < 1.29 is 0 Å². The van der Waals surface area contributed by atoms with Crippen LogP contribution in [-0.4, -0.2) is 31.3 Å². The van der Waals surface area contributed by atoms with Crippen LogP contribution in [0.25, 0.3) is 0 Å². The second kappa shape index (κ2) is 3.92. The van der Waals surface area contributed by atoms with Crippen LogP contribution in [0.3, 0.4) is 0 Å². The van der Waals surface area contributed by atoms with Gasteiger partial charge in [-0.05, 0) is 10.4 Å². The van der Waals surface area contributed by atoms with E-state index in [0.717, 1.165) is 5.16 Å². The molecule has 0 aliphatic rings. The number of aromatic nitrogens is 4. The van der Waals surface area contributed by atoms with Crippen molar-refractivity contribution in [2.45, 2.75) is 17.3 Å². The number of alkyl halides is 1. The fraction of sp³-hybridized carbons (Fsp3) is 0.800. The molecule has 0 aliphatic heterocycles. The molecule has 1 unspecified atom stereocenters. The minimum atomic E-state index is 0.348. The highest BCUT2D eigenvalue weighted by molar-refractivity contribution is 7.99. The molecule has 0 saturated heterocycles. The lowest BCUT2D eigenvalue weighted by atomic mass is 10.6. The lowest BCUT2D eigenvalue weighted by molar-refractivity contribution is 0.664. The van der Waals surface area contributed by atoms with E-state index in [1.54, 1.807) is 16.4 Å².